The lowest BCUT2D eigenvalue weighted by Crippen LogP contribution is -2.20. The molecule has 2 rings (SSSR count). The van der Waals surface area contributed by atoms with Gasteiger partial charge in [0, 0.05) is 25.5 Å². The van der Waals surface area contributed by atoms with Gasteiger partial charge in [-0.2, -0.15) is 0 Å². The molecular weight excluding hydrogens is 280 g/mol. The Bertz CT molecular complexity index is 514. The van der Waals surface area contributed by atoms with Crippen LogP contribution in [0.3, 0.4) is 0 Å². The molecule has 0 amide bonds. The Morgan fingerprint density at radius 1 is 1.50 bits per heavy atom. The van der Waals surface area contributed by atoms with E-state index in [1.807, 2.05) is 6.07 Å². The highest BCUT2D eigenvalue weighted by atomic mass is 32.2. The van der Waals surface area contributed by atoms with Gasteiger partial charge in [-0.3, -0.25) is 0 Å². The number of nitrogens with one attached hydrogen (secondary N) is 1. The van der Waals surface area contributed by atoms with Crippen LogP contribution < -0.4 is 5.32 Å². The smallest absolute Gasteiger partial charge is 0.209 e. The molecule has 1 N–H and O–H groups in total. The fraction of sp³-hybridized carbons (Fsp3) is 0.636. The maximum atomic E-state index is 5.13. The number of thioether (sulfide) groups is 1. The van der Waals surface area contributed by atoms with Crippen molar-refractivity contribution >= 4 is 11.8 Å². The molecule has 0 unspecified atom stereocenters. The normalized spacial score (nSPS) is 11.1. The van der Waals surface area contributed by atoms with Gasteiger partial charge >= 0.3 is 0 Å². The van der Waals surface area contributed by atoms with E-state index < -0.39 is 0 Å². The van der Waals surface area contributed by atoms with Crippen molar-refractivity contribution in [1.82, 2.24) is 30.7 Å². The van der Waals surface area contributed by atoms with Crippen molar-refractivity contribution in [2.75, 3.05) is 20.2 Å². The first-order valence-electron chi connectivity index (χ1n) is 6.36. The van der Waals surface area contributed by atoms with Gasteiger partial charge in [0.25, 0.3) is 0 Å². The number of likely N-dealkylation sites (N-methyl/N-ethyl adjacent to an activating group) is 1. The Hall–Kier alpha value is -1.45. The second kappa shape index (κ2) is 7.98. The molecule has 110 valence electrons. The Balaban J connectivity index is 1.85. The van der Waals surface area contributed by atoms with Gasteiger partial charge in [0.05, 0.1) is 12.2 Å². The average Bonchev–Trinajstić information content (AvgIpc) is 3.06. The van der Waals surface area contributed by atoms with E-state index in [0.29, 0.717) is 12.4 Å². The summed E-state index contributed by atoms with van der Waals surface area (Å²) < 4.78 is 11.9. The molecule has 0 aromatic carbocycles. The molecule has 2 aromatic heterocycles. The second-order valence-electron chi connectivity index (χ2n) is 4.04. The van der Waals surface area contributed by atoms with E-state index in [1.165, 1.54) is 11.8 Å². The molecule has 0 atom stereocenters. The lowest BCUT2D eigenvalue weighted by atomic mass is 10.4. The van der Waals surface area contributed by atoms with Gasteiger partial charge in [0.1, 0.15) is 6.61 Å². The van der Waals surface area contributed by atoms with E-state index in [-0.39, 0.29) is 0 Å². The molecule has 0 aliphatic carbocycles. The number of tetrazole rings is 1. The number of aromatic nitrogens is 5. The zero-order valence-corrected chi connectivity index (χ0v) is 12.4. The predicted octanol–water partition coefficient (Wildman–Crippen LogP) is 0.709. The summed E-state index contributed by atoms with van der Waals surface area (Å²) in [5.74, 6) is 1.38. The number of methoxy groups -OCH3 is 1. The Morgan fingerprint density at radius 3 is 3.20 bits per heavy atom. The zero-order chi connectivity index (χ0) is 14.2. The largest absolute Gasteiger partial charge is 0.377 e. The summed E-state index contributed by atoms with van der Waals surface area (Å²) >= 11 is 1.53. The van der Waals surface area contributed by atoms with Crippen LogP contribution in [-0.2, 0) is 23.6 Å². The van der Waals surface area contributed by atoms with Crippen LogP contribution in [0.1, 0.15) is 18.4 Å². The quantitative estimate of drug-likeness (QED) is 0.534. The number of hydrogen-bond donors (Lipinski definition) is 1. The van der Waals surface area contributed by atoms with E-state index in [4.69, 9.17) is 9.26 Å². The molecule has 9 heteroatoms. The van der Waals surface area contributed by atoms with Gasteiger partial charge in [-0.15, -0.1) is 5.10 Å². The average molecular weight is 298 g/mol. The number of ether oxygens (including phenoxy) is 1. The fourth-order valence-electron chi connectivity index (χ4n) is 1.57. The molecule has 0 fully saturated rings. The summed E-state index contributed by atoms with van der Waals surface area (Å²) in [6.45, 7) is 5.02. The number of rotatable bonds is 9. The van der Waals surface area contributed by atoms with Crippen LogP contribution in [0.15, 0.2) is 15.7 Å². The summed E-state index contributed by atoms with van der Waals surface area (Å²) in [6, 6.07) is 1.88. The topological polar surface area (TPSA) is 90.9 Å². The third-order valence-corrected chi connectivity index (χ3v) is 3.48. The van der Waals surface area contributed by atoms with E-state index in [1.54, 1.807) is 11.8 Å². The monoisotopic (exact) mass is 298 g/mol. The Morgan fingerprint density at radius 2 is 2.40 bits per heavy atom. The van der Waals surface area contributed by atoms with Crippen molar-refractivity contribution in [3.05, 3.63) is 17.5 Å². The summed E-state index contributed by atoms with van der Waals surface area (Å²) in [7, 11) is 1.62. The highest BCUT2D eigenvalue weighted by molar-refractivity contribution is 7.98. The van der Waals surface area contributed by atoms with Crippen LogP contribution in [0.4, 0.5) is 0 Å². The van der Waals surface area contributed by atoms with Gasteiger partial charge in [-0.1, -0.05) is 23.8 Å². The second-order valence-corrected chi connectivity index (χ2v) is 4.99. The van der Waals surface area contributed by atoms with Crippen LogP contribution in [0, 0.1) is 0 Å². The van der Waals surface area contributed by atoms with Crippen molar-refractivity contribution in [3.8, 4) is 0 Å². The summed E-state index contributed by atoms with van der Waals surface area (Å²) in [4.78, 5) is 0. The number of hydrogen-bond acceptors (Lipinski definition) is 8. The maximum absolute atomic E-state index is 5.13. The van der Waals surface area contributed by atoms with Gasteiger partial charge in [0.15, 0.2) is 5.76 Å². The molecule has 2 aromatic rings. The number of nitrogens with zero attached hydrogens (tertiary/aromatic N) is 5. The van der Waals surface area contributed by atoms with Crippen LogP contribution in [0.2, 0.25) is 0 Å². The van der Waals surface area contributed by atoms with Crippen LogP contribution in [0.5, 0.6) is 0 Å². The minimum Gasteiger partial charge on any atom is -0.377 e. The van der Waals surface area contributed by atoms with E-state index in [9.17, 15) is 0 Å². The van der Waals surface area contributed by atoms with Gasteiger partial charge < -0.3 is 14.6 Å². The Kier molecular flexibility index (Phi) is 5.96. The van der Waals surface area contributed by atoms with Gasteiger partial charge in [-0.05, 0) is 17.0 Å². The first kappa shape index (κ1) is 14.9. The molecule has 0 spiro atoms. The minimum atomic E-state index is 0.429. The third kappa shape index (κ3) is 4.29. The molecule has 0 aliphatic rings. The van der Waals surface area contributed by atoms with Crippen molar-refractivity contribution in [2.24, 2.45) is 0 Å². The summed E-state index contributed by atoms with van der Waals surface area (Å²) in [5.41, 5.74) is 0.850. The van der Waals surface area contributed by atoms with Gasteiger partial charge in [-0.25, -0.2) is 4.68 Å². The standard InChI is InChI=1S/C11H18N6O2S/c1-3-12-4-5-17-11(13-15-16-17)20-8-9-6-10(7-18-2)19-14-9/h6,12H,3-5,7-8H2,1-2H3. The third-order valence-electron chi connectivity index (χ3n) is 2.49. The van der Waals surface area contributed by atoms with E-state index in [2.05, 4.69) is 32.9 Å². The molecule has 0 aliphatic heterocycles. The Labute approximate surface area is 121 Å². The SMILES string of the molecule is CCNCCn1nnnc1SCc1cc(COC)on1. The first-order valence-corrected chi connectivity index (χ1v) is 7.35. The fourth-order valence-corrected chi connectivity index (χ4v) is 2.36. The molecule has 0 bridgehead atoms. The zero-order valence-electron chi connectivity index (χ0n) is 11.6. The molecule has 0 radical (unpaired) electrons. The van der Waals surface area contributed by atoms with Gasteiger partial charge in [0.2, 0.25) is 5.16 Å². The first-order chi connectivity index (χ1) is 9.83. The predicted molar refractivity (Wildman–Crippen MR) is 73.1 cm³/mol. The van der Waals surface area contributed by atoms with E-state index in [0.717, 1.165) is 36.2 Å². The highest BCUT2D eigenvalue weighted by Gasteiger charge is 2.09. The van der Waals surface area contributed by atoms with Crippen molar-refractivity contribution in [3.63, 3.8) is 0 Å². The maximum Gasteiger partial charge on any atom is 0.209 e. The molecule has 20 heavy (non-hydrogen) atoms. The lowest BCUT2D eigenvalue weighted by Gasteiger charge is -2.03. The molecular formula is C11H18N6O2S. The van der Waals surface area contributed by atoms with E-state index >= 15 is 0 Å². The van der Waals surface area contributed by atoms with Crippen molar-refractivity contribution in [1.29, 1.82) is 0 Å². The molecule has 0 saturated carbocycles. The minimum absolute atomic E-state index is 0.429. The lowest BCUT2D eigenvalue weighted by molar-refractivity contribution is 0.156. The van der Waals surface area contributed by atoms with Crippen molar-refractivity contribution in [2.45, 2.75) is 31.0 Å². The van der Waals surface area contributed by atoms with Crippen LogP contribution in [0.25, 0.3) is 0 Å². The molecule has 0 saturated heterocycles. The van der Waals surface area contributed by atoms with Crippen LogP contribution in [-0.4, -0.2) is 45.6 Å². The molecule has 8 nitrogen and oxygen atoms in total. The van der Waals surface area contributed by atoms with Crippen LogP contribution >= 0.6 is 11.8 Å². The van der Waals surface area contributed by atoms with Crippen molar-refractivity contribution < 1.29 is 9.26 Å². The highest BCUT2D eigenvalue weighted by Crippen LogP contribution is 2.19. The summed E-state index contributed by atoms with van der Waals surface area (Å²) in [5, 5.41) is 19.7. The molecule has 2 heterocycles. The summed E-state index contributed by atoms with van der Waals surface area (Å²) in [6.07, 6.45) is 0.